The summed E-state index contributed by atoms with van der Waals surface area (Å²) in [5.41, 5.74) is 9.42. The van der Waals surface area contributed by atoms with Gasteiger partial charge in [0.1, 0.15) is 11.4 Å². The number of nitrogens with two attached hydrogens (primary N) is 1. The Hall–Kier alpha value is -8.05. The van der Waals surface area contributed by atoms with Crippen molar-refractivity contribution in [2.24, 2.45) is 16.6 Å². The zero-order valence-corrected chi connectivity index (χ0v) is 47.3. The van der Waals surface area contributed by atoms with Gasteiger partial charge >= 0.3 is 0 Å². The standard InChI is InChI=1S/C29H28F2N6O2S.C23H21ClF2N4O2S.C6H8N2/c1-29(2,3)18-40(38,39)23-15-20(16-33-24(23)26(30)31)28-36-35-27(34-17-21-11-7-8-13-32-21)25-22(12-14-37(25)28)19-9-5-4-6-10-19;1-23(2,3)13-33(31,32)17-11-15(12-27-18(17)21(25)26)22-29-28-20(24)19-16(9-10-30(19)22)14-7-5-4-6-8-14;7-5-6-3-1-2-4-8-6/h4-16,26H,17-18H2,1-3H3,(H,34,35);4-12,21H,13H2,1-3H3;1-4H,5,7H2. The number of hydrogen-bond donors (Lipinski definition) is 2. The summed E-state index contributed by atoms with van der Waals surface area (Å²) in [6.07, 6.45) is 3.24. The zero-order valence-electron chi connectivity index (χ0n) is 44.9. The molecule has 23 heteroatoms. The average molecular weight is 1160 g/mol. The summed E-state index contributed by atoms with van der Waals surface area (Å²) < 4.78 is 111. The highest BCUT2D eigenvalue weighted by molar-refractivity contribution is 7.91. The molecule has 10 aromatic rings. The highest BCUT2D eigenvalue weighted by Crippen LogP contribution is 2.38. The molecule has 8 heterocycles. The summed E-state index contributed by atoms with van der Waals surface area (Å²) in [7, 11) is -8.13. The number of alkyl halides is 4. The first-order valence-corrected chi connectivity index (χ1v) is 28.9. The molecule has 81 heavy (non-hydrogen) atoms. The molecule has 0 aliphatic carbocycles. The van der Waals surface area contributed by atoms with Crippen molar-refractivity contribution in [3.05, 3.63) is 186 Å². The van der Waals surface area contributed by atoms with Crippen molar-refractivity contribution in [2.75, 3.05) is 16.8 Å². The van der Waals surface area contributed by atoms with E-state index in [9.17, 15) is 34.4 Å². The molecule has 420 valence electrons. The lowest BCUT2D eigenvalue weighted by Crippen LogP contribution is -2.22. The lowest BCUT2D eigenvalue weighted by atomic mass is 10.0. The number of fused-ring (bicyclic) bond motifs is 2. The number of halogens is 5. The molecule has 0 bridgehead atoms. The molecule has 0 saturated carbocycles. The molecular formula is C58H57ClF4N12O4S2. The van der Waals surface area contributed by atoms with Gasteiger partial charge in [-0.25, -0.2) is 34.4 Å². The molecule has 0 spiro atoms. The van der Waals surface area contributed by atoms with Crippen LogP contribution in [0.2, 0.25) is 5.15 Å². The van der Waals surface area contributed by atoms with Crippen LogP contribution in [0.4, 0.5) is 23.4 Å². The van der Waals surface area contributed by atoms with Crippen molar-refractivity contribution in [2.45, 2.75) is 77.3 Å². The SMILES string of the molecule is CC(C)(C)CS(=O)(=O)c1cc(-c2nnc(Cl)c3c(-c4ccccc4)ccn23)cnc1C(F)F.CC(C)(C)CS(=O)(=O)c1cc(-c2nnc(NCc3ccccn3)c3c(-c4ccccc4)ccn23)cnc1C(F)F.NCc1ccccn1. The predicted octanol–water partition coefficient (Wildman–Crippen LogP) is 12.6. The molecule has 0 aliphatic heterocycles. The fourth-order valence-corrected chi connectivity index (χ4v) is 13.1. The lowest BCUT2D eigenvalue weighted by molar-refractivity contribution is 0.142. The summed E-state index contributed by atoms with van der Waals surface area (Å²) in [6, 6.07) is 36.7. The minimum absolute atomic E-state index is 0.153. The number of pyridine rings is 4. The largest absolute Gasteiger partial charge is 0.361 e. The van der Waals surface area contributed by atoms with Crippen molar-refractivity contribution in [1.82, 2.24) is 49.1 Å². The van der Waals surface area contributed by atoms with Gasteiger partial charge in [-0.15, -0.1) is 20.4 Å². The zero-order chi connectivity index (χ0) is 58.3. The monoisotopic (exact) mass is 1160 g/mol. The third-order valence-corrected chi connectivity index (χ3v) is 16.7. The van der Waals surface area contributed by atoms with E-state index in [0.29, 0.717) is 29.9 Å². The molecule has 0 unspecified atom stereocenters. The summed E-state index contributed by atoms with van der Waals surface area (Å²) >= 11 is 6.35. The Morgan fingerprint density at radius 3 is 1.40 bits per heavy atom. The van der Waals surface area contributed by atoms with Crippen LogP contribution in [-0.4, -0.2) is 77.5 Å². The van der Waals surface area contributed by atoms with Gasteiger partial charge in [0.15, 0.2) is 42.3 Å². The number of rotatable bonds is 14. The topological polar surface area (TPSA) is 218 Å². The Bertz CT molecular complexity index is 4020. The Morgan fingerprint density at radius 2 is 0.975 bits per heavy atom. The summed E-state index contributed by atoms with van der Waals surface area (Å²) in [5, 5.41) is 20.4. The summed E-state index contributed by atoms with van der Waals surface area (Å²) in [4.78, 5) is 15.0. The Balaban J connectivity index is 0.000000189. The number of hydrogen-bond acceptors (Lipinski definition) is 14. The first-order valence-electron chi connectivity index (χ1n) is 25.2. The molecular weight excluding hydrogens is 1100 g/mol. The van der Waals surface area contributed by atoms with E-state index in [1.165, 1.54) is 24.5 Å². The molecule has 0 radical (unpaired) electrons. The second-order valence-corrected chi connectivity index (χ2v) is 25.2. The summed E-state index contributed by atoms with van der Waals surface area (Å²) in [6.45, 7) is 11.3. The number of anilines is 1. The molecule has 16 nitrogen and oxygen atoms in total. The number of aromatic nitrogens is 10. The van der Waals surface area contributed by atoms with Crippen LogP contribution in [0.3, 0.4) is 0 Å². The highest BCUT2D eigenvalue weighted by atomic mass is 35.5. The Labute approximate surface area is 471 Å². The third-order valence-electron chi connectivity index (χ3n) is 12.0. The smallest absolute Gasteiger partial charge is 0.281 e. The van der Waals surface area contributed by atoms with E-state index >= 15 is 0 Å². The van der Waals surface area contributed by atoms with Gasteiger partial charge in [-0.05, 0) is 70.5 Å². The van der Waals surface area contributed by atoms with E-state index in [0.717, 1.165) is 33.6 Å². The van der Waals surface area contributed by atoms with Crippen LogP contribution in [0.15, 0.2) is 168 Å². The van der Waals surface area contributed by atoms with Gasteiger partial charge in [0, 0.05) is 66.0 Å². The van der Waals surface area contributed by atoms with Gasteiger partial charge in [-0.2, -0.15) is 0 Å². The molecule has 0 atom stereocenters. The molecule has 0 saturated heterocycles. The lowest BCUT2D eigenvalue weighted by Gasteiger charge is -2.19. The van der Waals surface area contributed by atoms with Gasteiger partial charge in [0.05, 0.1) is 50.3 Å². The van der Waals surface area contributed by atoms with Crippen LogP contribution in [0.5, 0.6) is 0 Å². The van der Waals surface area contributed by atoms with E-state index in [1.54, 1.807) is 75.1 Å². The number of nitrogens with one attached hydrogen (secondary N) is 1. The van der Waals surface area contributed by atoms with Crippen molar-refractivity contribution >= 4 is 48.1 Å². The van der Waals surface area contributed by atoms with E-state index in [-0.39, 0.29) is 39.4 Å². The molecule has 0 fully saturated rings. The van der Waals surface area contributed by atoms with E-state index in [1.807, 2.05) is 109 Å². The second kappa shape index (κ2) is 24.8. The highest BCUT2D eigenvalue weighted by Gasteiger charge is 2.32. The normalized spacial score (nSPS) is 12.1. The van der Waals surface area contributed by atoms with Crippen molar-refractivity contribution in [3.63, 3.8) is 0 Å². The maximum absolute atomic E-state index is 13.9. The predicted molar refractivity (Wildman–Crippen MR) is 305 cm³/mol. The van der Waals surface area contributed by atoms with Crippen LogP contribution >= 0.6 is 11.6 Å². The van der Waals surface area contributed by atoms with Crippen LogP contribution in [0, 0.1) is 10.8 Å². The number of nitrogens with zero attached hydrogens (tertiary/aromatic N) is 10. The molecule has 0 amide bonds. The molecule has 2 aromatic carbocycles. The maximum atomic E-state index is 13.9. The number of sulfone groups is 2. The van der Waals surface area contributed by atoms with E-state index in [4.69, 9.17) is 17.3 Å². The van der Waals surface area contributed by atoms with Crippen molar-refractivity contribution in [1.29, 1.82) is 0 Å². The molecule has 3 N–H and O–H groups in total. The van der Waals surface area contributed by atoms with Gasteiger partial charge in [-0.3, -0.25) is 28.7 Å². The first-order chi connectivity index (χ1) is 38.4. The van der Waals surface area contributed by atoms with Gasteiger partial charge in [0.25, 0.3) is 12.9 Å². The molecule has 0 aliphatic rings. The average Bonchev–Trinajstić information content (AvgIpc) is 4.30. The minimum Gasteiger partial charge on any atom is -0.361 e. The molecule has 10 rings (SSSR count). The summed E-state index contributed by atoms with van der Waals surface area (Å²) in [5.74, 6) is 0.354. The molecule has 8 aromatic heterocycles. The van der Waals surface area contributed by atoms with Gasteiger partial charge in [-0.1, -0.05) is 126 Å². The van der Waals surface area contributed by atoms with Crippen LogP contribution in [-0.2, 0) is 32.8 Å². The maximum Gasteiger partial charge on any atom is 0.281 e. The van der Waals surface area contributed by atoms with Crippen LogP contribution < -0.4 is 11.1 Å². The second-order valence-electron chi connectivity index (χ2n) is 21.0. The van der Waals surface area contributed by atoms with Crippen molar-refractivity contribution < 1.29 is 34.4 Å². The minimum atomic E-state index is -4.08. The van der Waals surface area contributed by atoms with Crippen molar-refractivity contribution in [3.8, 4) is 45.0 Å². The fraction of sp³-hybridized carbons (Fsp3) is 0.241. The quantitative estimate of drug-likeness (QED) is 0.0968. The first kappa shape index (κ1) is 59.1. The van der Waals surface area contributed by atoms with E-state index < -0.39 is 64.5 Å². The van der Waals surface area contributed by atoms with Crippen LogP contribution in [0.25, 0.3) is 56.1 Å². The van der Waals surface area contributed by atoms with Gasteiger partial charge < -0.3 is 11.1 Å². The number of benzene rings is 2. The van der Waals surface area contributed by atoms with E-state index in [2.05, 4.69) is 45.6 Å². The van der Waals surface area contributed by atoms with Crippen LogP contribution in [0.1, 0.15) is 77.2 Å². The Kier molecular flexibility index (Phi) is 18.1. The third kappa shape index (κ3) is 14.3. The fourth-order valence-electron chi connectivity index (χ4n) is 8.74. The Morgan fingerprint density at radius 1 is 0.543 bits per heavy atom. The van der Waals surface area contributed by atoms with Gasteiger partial charge in [0.2, 0.25) is 0 Å².